The molecule has 0 saturated carbocycles. The van der Waals surface area contributed by atoms with Crippen LogP contribution in [0, 0.1) is 6.92 Å². The molecule has 2 aromatic rings. The van der Waals surface area contributed by atoms with Crippen LogP contribution in [0.2, 0.25) is 0 Å². The predicted octanol–water partition coefficient (Wildman–Crippen LogP) is 3.19. The van der Waals surface area contributed by atoms with E-state index in [9.17, 15) is 0 Å². The summed E-state index contributed by atoms with van der Waals surface area (Å²) in [5.41, 5.74) is 1.22. The van der Waals surface area contributed by atoms with Crippen LogP contribution in [0.4, 0.5) is 0 Å². The molecule has 3 nitrogen and oxygen atoms in total. The normalized spacial score (nSPS) is 10.9. The van der Waals surface area contributed by atoms with Crippen LogP contribution >= 0.6 is 27.3 Å². The fourth-order valence-electron chi connectivity index (χ4n) is 1.24. The average Bonchev–Trinajstić information content (AvgIpc) is 2.76. The predicted molar refractivity (Wildman–Crippen MR) is 65.0 cm³/mol. The molecule has 0 radical (unpaired) electrons. The molecule has 80 valence electrons. The van der Waals surface area contributed by atoms with Crippen LogP contribution in [0.3, 0.4) is 0 Å². The van der Waals surface area contributed by atoms with Gasteiger partial charge in [-0.05, 0) is 41.5 Å². The average molecular weight is 287 g/mol. The van der Waals surface area contributed by atoms with E-state index in [2.05, 4.69) is 39.2 Å². The minimum atomic E-state index is 0.658. The molecule has 0 amide bonds. The van der Waals surface area contributed by atoms with E-state index in [4.69, 9.17) is 4.42 Å². The number of halogens is 1. The van der Waals surface area contributed by atoms with Crippen LogP contribution < -0.4 is 5.32 Å². The molecule has 0 aromatic carbocycles. The number of hydrogen-bond donors (Lipinski definition) is 1. The van der Waals surface area contributed by atoms with E-state index >= 15 is 0 Å². The first-order valence-electron chi connectivity index (χ1n) is 4.56. The smallest absolute Gasteiger partial charge is 0.208 e. The van der Waals surface area contributed by atoms with Gasteiger partial charge in [-0.1, -0.05) is 0 Å². The van der Waals surface area contributed by atoms with Crippen molar-refractivity contribution >= 4 is 27.3 Å². The molecule has 2 rings (SSSR count). The number of rotatable bonds is 3. The van der Waals surface area contributed by atoms with Gasteiger partial charge in [-0.25, -0.2) is 4.98 Å². The Hall–Kier alpha value is -0.650. The Balaban J connectivity index is 2.28. The Morgan fingerprint density at radius 2 is 2.40 bits per heavy atom. The third-order valence-electron chi connectivity index (χ3n) is 1.98. The number of nitrogens with one attached hydrogen (secondary N) is 1. The number of nitrogens with zero attached hydrogens (tertiary/aromatic N) is 1. The molecule has 0 fully saturated rings. The van der Waals surface area contributed by atoms with Crippen molar-refractivity contribution in [1.29, 1.82) is 0 Å². The maximum Gasteiger partial charge on any atom is 0.208 e. The summed E-state index contributed by atoms with van der Waals surface area (Å²) in [7, 11) is 1.87. The highest BCUT2D eigenvalue weighted by molar-refractivity contribution is 9.11. The van der Waals surface area contributed by atoms with Crippen molar-refractivity contribution in [3.63, 3.8) is 0 Å². The zero-order valence-electron chi connectivity index (χ0n) is 8.50. The van der Waals surface area contributed by atoms with Crippen molar-refractivity contribution in [2.24, 2.45) is 0 Å². The van der Waals surface area contributed by atoms with Gasteiger partial charge in [0.05, 0.1) is 21.4 Å². The number of thiophene rings is 1. The zero-order chi connectivity index (χ0) is 10.8. The van der Waals surface area contributed by atoms with E-state index in [-0.39, 0.29) is 0 Å². The summed E-state index contributed by atoms with van der Waals surface area (Å²) in [5, 5.41) is 3.00. The number of aromatic nitrogens is 1. The summed E-state index contributed by atoms with van der Waals surface area (Å²) in [5.74, 6) is 1.55. The molecule has 0 spiro atoms. The molecule has 0 unspecified atom stereocenters. The minimum Gasteiger partial charge on any atom is -0.438 e. The van der Waals surface area contributed by atoms with Gasteiger partial charge >= 0.3 is 0 Å². The van der Waals surface area contributed by atoms with Gasteiger partial charge in [0, 0.05) is 0 Å². The largest absolute Gasteiger partial charge is 0.438 e. The highest BCUT2D eigenvalue weighted by Crippen LogP contribution is 2.34. The van der Waals surface area contributed by atoms with Crippen molar-refractivity contribution in [3.05, 3.63) is 27.5 Å². The lowest BCUT2D eigenvalue weighted by Crippen LogP contribution is -2.04. The van der Waals surface area contributed by atoms with Gasteiger partial charge in [0.2, 0.25) is 5.89 Å². The van der Waals surface area contributed by atoms with Gasteiger partial charge in [-0.3, -0.25) is 0 Å². The molecule has 0 aliphatic rings. The summed E-state index contributed by atoms with van der Waals surface area (Å²) in [4.78, 5) is 5.29. The van der Waals surface area contributed by atoms with Crippen LogP contribution in [0.1, 0.15) is 11.5 Å². The van der Waals surface area contributed by atoms with Crippen LogP contribution in [-0.4, -0.2) is 12.0 Å². The van der Waals surface area contributed by atoms with Crippen molar-refractivity contribution in [2.45, 2.75) is 13.5 Å². The zero-order valence-corrected chi connectivity index (χ0v) is 10.9. The second kappa shape index (κ2) is 4.47. The van der Waals surface area contributed by atoms with Gasteiger partial charge in [-0.15, -0.1) is 11.3 Å². The van der Waals surface area contributed by atoms with Crippen LogP contribution in [0.5, 0.6) is 0 Å². The molecule has 2 heterocycles. The topological polar surface area (TPSA) is 38.1 Å². The van der Waals surface area contributed by atoms with E-state index in [0.717, 1.165) is 20.3 Å². The van der Waals surface area contributed by atoms with Crippen LogP contribution in [0.15, 0.2) is 20.5 Å². The van der Waals surface area contributed by atoms with Crippen LogP contribution in [0.25, 0.3) is 10.6 Å². The number of aryl methyl sites for hydroxylation is 1. The van der Waals surface area contributed by atoms with Crippen molar-refractivity contribution in [2.75, 3.05) is 7.05 Å². The fraction of sp³-hybridized carbons (Fsp3) is 0.300. The Bertz CT molecular complexity index is 444. The summed E-state index contributed by atoms with van der Waals surface area (Å²) in [6.07, 6.45) is 1.77. The van der Waals surface area contributed by atoms with Crippen molar-refractivity contribution in [3.8, 4) is 10.6 Å². The maximum atomic E-state index is 5.59. The second-order valence-corrected chi connectivity index (χ2v) is 5.59. The molecule has 0 saturated heterocycles. The Morgan fingerprint density at radius 3 is 3.00 bits per heavy atom. The first kappa shape index (κ1) is 10.9. The SMILES string of the molecule is CNCc1ncc(-c2cc(C)c(Br)s2)o1. The van der Waals surface area contributed by atoms with Crippen molar-refractivity contribution in [1.82, 2.24) is 10.3 Å². The molecule has 1 N–H and O–H groups in total. The summed E-state index contributed by atoms with van der Waals surface area (Å²) in [6, 6.07) is 2.10. The molecule has 0 aliphatic carbocycles. The monoisotopic (exact) mass is 286 g/mol. The van der Waals surface area contributed by atoms with E-state index in [1.807, 2.05) is 7.05 Å². The summed E-state index contributed by atoms with van der Waals surface area (Å²) >= 11 is 5.16. The molecule has 2 aromatic heterocycles. The molecule has 0 aliphatic heterocycles. The Labute approximate surface area is 101 Å². The third-order valence-corrected chi connectivity index (χ3v) is 4.13. The Kier molecular flexibility index (Phi) is 3.23. The number of hydrogen-bond acceptors (Lipinski definition) is 4. The summed E-state index contributed by atoms with van der Waals surface area (Å²) < 4.78 is 6.74. The standard InChI is InChI=1S/C10H11BrN2OS/c1-6-3-8(15-10(6)11)7-4-13-9(14-7)5-12-2/h3-4,12H,5H2,1-2H3. The molecule has 0 bridgehead atoms. The lowest BCUT2D eigenvalue weighted by Gasteiger charge is -1.91. The third kappa shape index (κ3) is 2.30. The highest BCUT2D eigenvalue weighted by Gasteiger charge is 2.10. The van der Waals surface area contributed by atoms with Crippen LogP contribution in [-0.2, 0) is 6.54 Å². The molecular formula is C10H11BrN2OS. The van der Waals surface area contributed by atoms with Gasteiger partial charge in [0.15, 0.2) is 5.76 Å². The van der Waals surface area contributed by atoms with Gasteiger partial charge in [0.1, 0.15) is 0 Å². The molecule has 5 heteroatoms. The maximum absolute atomic E-state index is 5.59. The molecular weight excluding hydrogens is 276 g/mol. The van der Waals surface area contributed by atoms with E-state index in [1.165, 1.54) is 5.56 Å². The second-order valence-electron chi connectivity index (χ2n) is 3.22. The van der Waals surface area contributed by atoms with Gasteiger partial charge < -0.3 is 9.73 Å². The quantitative estimate of drug-likeness (QED) is 0.942. The first-order chi connectivity index (χ1) is 7.20. The van der Waals surface area contributed by atoms with Crippen molar-refractivity contribution < 1.29 is 4.42 Å². The first-order valence-corrected chi connectivity index (χ1v) is 6.17. The minimum absolute atomic E-state index is 0.658. The van der Waals surface area contributed by atoms with Gasteiger partial charge in [-0.2, -0.15) is 0 Å². The lowest BCUT2D eigenvalue weighted by molar-refractivity contribution is 0.491. The summed E-state index contributed by atoms with van der Waals surface area (Å²) in [6.45, 7) is 2.72. The highest BCUT2D eigenvalue weighted by atomic mass is 79.9. The van der Waals surface area contributed by atoms with E-state index < -0.39 is 0 Å². The van der Waals surface area contributed by atoms with Gasteiger partial charge in [0.25, 0.3) is 0 Å². The van der Waals surface area contributed by atoms with E-state index in [0.29, 0.717) is 6.54 Å². The lowest BCUT2D eigenvalue weighted by atomic mass is 10.3. The molecule has 0 atom stereocenters. The fourth-order valence-corrected chi connectivity index (χ4v) is 2.72. The molecule has 15 heavy (non-hydrogen) atoms. The number of oxazole rings is 1. The van der Waals surface area contributed by atoms with E-state index in [1.54, 1.807) is 17.5 Å². The Morgan fingerprint density at radius 1 is 1.60 bits per heavy atom.